The number of fused-ring (bicyclic) bond motifs is 2. The number of aryl methyl sites for hydroxylation is 2. The molecule has 1 amide bonds. The molecular formula is C30H38N2O2. The molecule has 4 aliphatic rings. The monoisotopic (exact) mass is 458 g/mol. The molecule has 2 aromatic carbocycles. The van der Waals surface area contributed by atoms with Crippen molar-refractivity contribution in [3.63, 3.8) is 0 Å². The van der Waals surface area contributed by atoms with E-state index in [2.05, 4.69) is 28.4 Å². The smallest absolute Gasteiger partial charge is 0.257 e. The van der Waals surface area contributed by atoms with Crippen molar-refractivity contribution in [1.29, 1.82) is 0 Å². The van der Waals surface area contributed by atoms with Crippen LogP contribution in [0.2, 0.25) is 0 Å². The van der Waals surface area contributed by atoms with Crippen LogP contribution >= 0.6 is 0 Å². The van der Waals surface area contributed by atoms with Gasteiger partial charge in [0.05, 0.1) is 0 Å². The first kappa shape index (κ1) is 22.3. The van der Waals surface area contributed by atoms with Crippen LogP contribution in [0.5, 0.6) is 0 Å². The zero-order chi connectivity index (χ0) is 23.1. The Morgan fingerprint density at radius 2 is 1.65 bits per heavy atom. The summed E-state index contributed by atoms with van der Waals surface area (Å²) in [5.41, 5.74) is 3.95. The number of benzene rings is 2. The van der Waals surface area contributed by atoms with Crippen LogP contribution in [0.15, 0.2) is 48.5 Å². The number of nitrogens with zero attached hydrogens (tertiary/aromatic N) is 1. The number of carbonyl (C=O) groups is 1. The van der Waals surface area contributed by atoms with Crippen molar-refractivity contribution >= 4 is 5.91 Å². The Kier molecular flexibility index (Phi) is 5.99. The third-order valence-electron chi connectivity index (χ3n) is 9.20. The van der Waals surface area contributed by atoms with Gasteiger partial charge in [0.15, 0.2) is 5.60 Å². The van der Waals surface area contributed by atoms with Crippen LogP contribution in [0.1, 0.15) is 60.8 Å². The molecule has 180 valence electrons. The minimum atomic E-state index is -1.40. The summed E-state index contributed by atoms with van der Waals surface area (Å²) in [6, 6.07) is 17.0. The number of hydrogen-bond acceptors (Lipinski definition) is 3. The topological polar surface area (TPSA) is 52.6 Å². The molecule has 4 nitrogen and oxygen atoms in total. The number of rotatable bonds is 7. The van der Waals surface area contributed by atoms with Crippen molar-refractivity contribution in [2.45, 2.75) is 69.4 Å². The summed E-state index contributed by atoms with van der Waals surface area (Å²) < 4.78 is 0. The number of carbonyl (C=O) groups excluding carboxylic acids is 1. The van der Waals surface area contributed by atoms with Gasteiger partial charge in [0.1, 0.15) is 0 Å². The van der Waals surface area contributed by atoms with Gasteiger partial charge in [-0.25, -0.2) is 0 Å². The molecule has 4 heteroatoms. The van der Waals surface area contributed by atoms with Crippen LogP contribution in [0, 0.1) is 17.8 Å². The van der Waals surface area contributed by atoms with Gasteiger partial charge in [0.2, 0.25) is 0 Å². The van der Waals surface area contributed by atoms with Crippen molar-refractivity contribution in [2.75, 3.05) is 19.6 Å². The average Bonchev–Trinajstić information content (AvgIpc) is 3.28. The van der Waals surface area contributed by atoms with E-state index in [4.69, 9.17) is 0 Å². The predicted molar refractivity (Wildman–Crippen MR) is 134 cm³/mol. The lowest BCUT2D eigenvalue weighted by Crippen LogP contribution is -2.51. The lowest BCUT2D eigenvalue weighted by molar-refractivity contribution is -0.147. The Balaban J connectivity index is 1.04. The summed E-state index contributed by atoms with van der Waals surface area (Å²) in [6.45, 7) is 3.23. The molecule has 3 aliphatic carbocycles. The fourth-order valence-corrected chi connectivity index (χ4v) is 7.09. The first-order valence-corrected chi connectivity index (χ1v) is 13.5. The lowest BCUT2D eigenvalue weighted by atomic mass is 9.79. The van der Waals surface area contributed by atoms with E-state index in [1.165, 1.54) is 31.2 Å². The van der Waals surface area contributed by atoms with E-state index in [1.54, 1.807) is 11.1 Å². The van der Waals surface area contributed by atoms with Gasteiger partial charge in [-0.2, -0.15) is 0 Å². The van der Waals surface area contributed by atoms with Gasteiger partial charge in [-0.3, -0.25) is 4.79 Å². The molecule has 4 atom stereocenters. The molecule has 1 saturated heterocycles. The van der Waals surface area contributed by atoms with Gasteiger partial charge in [-0.15, -0.1) is 0 Å². The SMILES string of the molecule is O=C(N[C@H]1C2CN(CCc3ccc4c(c3)CCCC4)C[C@@H]21)C(O)(c1ccccc1)C1CCCC1. The first-order valence-electron chi connectivity index (χ1n) is 13.5. The molecule has 2 unspecified atom stereocenters. The second-order valence-electron chi connectivity index (χ2n) is 11.3. The highest BCUT2D eigenvalue weighted by Gasteiger charge is 2.58. The standard InChI is InChI=1S/C30H38N2O2/c33-29(30(34,25-12-6-7-13-25)24-10-2-1-3-11-24)31-28-26-19-32(20-27(26)28)17-16-21-14-15-22-8-4-5-9-23(22)18-21/h1-3,10-11,14-15,18,25-28,34H,4-9,12-13,16-17,19-20H2,(H,31,33)/t26-,27?,28+,30?/m0/s1. The van der Waals surface area contributed by atoms with Gasteiger partial charge in [-0.05, 0) is 79.0 Å². The van der Waals surface area contributed by atoms with Crippen LogP contribution in [-0.2, 0) is 29.7 Å². The maximum atomic E-state index is 13.5. The van der Waals surface area contributed by atoms with Crippen molar-refractivity contribution < 1.29 is 9.90 Å². The van der Waals surface area contributed by atoms with E-state index in [1.807, 2.05) is 30.3 Å². The third kappa shape index (κ3) is 4.09. The number of amides is 1. The molecule has 2 aromatic rings. The highest BCUT2D eigenvalue weighted by molar-refractivity contribution is 5.87. The maximum Gasteiger partial charge on any atom is 0.257 e. The van der Waals surface area contributed by atoms with E-state index in [-0.39, 0.29) is 17.9 Å². The zero-order valence-electron chi connectivity index (χ0n) is 20.2. The van der Waals surface area contributed by atoms with Crippen molar-refractivity contribution in [2.24, 2.45) is 17.8 Å². The first-order chi connectivity index (χ1) is 16.6. The molecular weight excluding hydrogens is 420 g/mol. The van der Waals surface area contributed by atoms with Gasteiger partial charge in [-0.1, -0.05) is 61.4 Å². The average molecular weight is 459 g/mol. The van der Waals surface area contributed by atoms with E-state index < -0.39 is 5.60 Å². The second-order valence-corrected chi connectivity index (χ2v) is 11.3. The molecule has 34 heavy (non-hydrogen) atoms. The molecule has 2 saturated carbocycles. The number of nitrogens with one attached hydrogen (secondary N) is 1. The Morgan fingerprint density at radius 3 is 2.38 bits per heavy atom. The van der Waals surface area contributed by atoms with Gasteiger partial charge >= 0.3 is 0 Å². The van der Waals surface area contributed by atoms with Crippen molar-refractivity contribution in [3.05, 3.63) is 70.8 Å². The van der Waals surface area contributed by atoms with Crippen LogP contribution in [0.3, 0.4) is 0 Å². The zero-order valence-corrected chi connectivity index (χ0v) is 20.2. The van der Waals surface area contributed by atoms with Gasteiger partial charge < -0.3 is 15.3 Å². The molecule has 0 bridgehead atoms. The van der Waals surface area contributed by atoms with Crippen molar-refractivity contribution in [3.8, 4) is 0 Å². The molecule has 0 aromatic heterocycles. The minimum absolute atomic E-state index is 0.0154. The fourth-order valence-electron chi connectivity index (χ4n) is 7.09. The quantitative estimate of drug-likeness (QED) is 0.653. The van der Waals surface area contributed by atoms with Crippen LogP contribution < -0.4 is 5.32 Å². The Morgan fingerprint density at radius 1 is 0.941 bits per heavy atom. The largest absolute Gasteiger partial charge is 0.375 e. The van der Waals surface area contributed by atoms with Crippen LogP contribution in [-0.4, -0.2) is 41.6 Å². The summed E-state index contributed by atoms with van der Waals surface area (Å²) >= 11 is 0. The normalized spacial score (nSPS) is 28.2. The number of hydrogen-bond donors (Lipinski definition) is 2. The number of likely N-dealkylation sites (tertiary alicyclic amines) is 1. The van der Waals surface area contributed by atoms with Crippen molar-refractivity contribution in [1.82, 2.24) is 10.2 Å². The highest BCUT2D eigenvalue weighted by Crippen LogP contribution is 2.47. The molecule has 1 aliphatic heterocycles. The Labute approximate surface area is 203 Å². The fraction of sp³-hybridized carbons (Fsp3) is 0.567. The van der Waals surface area contributed by atoms with Crippen LogP contribution in [0.25, 0.3) is 0 Å². The molecule has 0 radical (unpaired) electrons. The molecule has 1 heterocycles. The van der Waals surface area contributed by atoms with E-state index >= 15 is 0 Å². The van der Waals surface area contributed by atoms with Crippen LogP contribution in [0.4, 0.5) is 0 Å². The summed E-state index contributed by atoms with van der Waals surface area (Å²) in [4.78, 5) is 16.0. The molecule has 3 fully saturated rings. The summed E-state index contributed by atoms with van der Waals surface area (Å²) in [7, 11) is 0. The molecule has 0 spiro atoms. The Bertz CT molecular complexity index is 1020. The predicted octanol–water partition coefficient (Wildman–Crippen LogP) is 4.23. The summed E-state index contributed by atoms with van der Waals surface area (Å²) in [5.74, 6) is 0.916. The van der Waals surface area contributed by atoms with E-state index in [9.17, 15) is 9.90 Å². The van der Waals surface area contributed by atoms with E-state index in [0.29, 0.717) is 11.8 Å². The molecule has 2 N–H and O–H groups in total. The van der Waals surface area contributed by atoms with Gasteiger partial charge in [0.25, 0.3) is 5.91 Å². The highest BCUT2D eigenvalue weighted by atomic mass is 16.3. The Hall–Kier alpha value is -2.17. The minimum Gasteiger partial charge on any atom is -0.375 e. The number of piperidine rings is 1. The lowest BCUT2D eigenvalue weighted by Gasteiger charge is -2.33. The number of aliphatic hydroxyl groups is 1. The summed E-state index contributed by atoms with van der Waals surface area (Å²) in [5, 5.41) is 15.0. The summed E-state index contributed by atoms with van der Waals surface area (Å²) in [6.07, 6.45) is 10.3. The maximum absolute atomic E-state index is 13.5. The van der Waals surface area contributed by atoms with Gasteiger partial charge in [0, 0.05) is 31.6 Å². The molecule has 6 rings (SSSR count). The second kappa shape index (κ2) is 9.13. The third-order valence-corrected chi connectivity index (χ3v) is 9.20. The van der Waals surface area contributed by atoms with E-state index in [0.717, 1.165) is 57.3 Å².